The van der Waals surface area contributed by atoms with Gasteiger partial charge in [0, 0.05) is 12.0 Å². The van der Waals surface area contributed by atoms with Crippen molar-refractivity contribution in [2.75, 3.05) is 6.54 Å². The molecule has 2 atom stereocenters. The number of aryl methyl sites for hydroxylation is 1. The number of fused-ring (bicyclic) bond motifs is 1. The fourth-order valence-electron chi connectivity index (χ4n) is 4.97. The van der Waals surface area contributed by atoms with Crippen molar-refractivity contribution in [1.82, 2.24) is 5.32 Å². The Morgan fingerprint density at radius 1 is 0.923 bits per heavy atom. The molecule has 2 N–H and O–H groups in total. The van der Waals surface area contributed by atoms with Crippen LogP contribution in [0.3, 0.4) is 0 Å². The largest absolute Gasteiger partial charge is 0.508 e. The summed E-state index contributed by atoms with van der Waals surface area (Å²) in [6, 6.07) is 17.4. The Balaban J connectivity index is 1.52. The van der Waals surface area contributed by atoms with Gasteiger partial charge in [-0.15, -0.1) is 0 Å². The summed E-state index contributed by atoms with van der Waals surface area (Å²) in [5.41, 5.74) is 4.17. The molecule has 4 rings (SSSR count). The number of rotatable bonds is 5. The van der Waals surface area contributed by atoms with E-state index in [1.165, 1.54) is 61.8 Å². The lowest BCUT2D eigenvalue weighted by atomic mass is 9.76. The van der Waals surface area contributed by atoms with Gasteiger partial charge in [-0.3, -0.25) is 0 Å². The zero-order valence-electron chi connectivity index (χ0n) is 15.7. The second-order valence-electron chi connectivity index (χ2n) is 8.24. The van der Waals surface area contributed by atoms with Gasteiger partial charge in [-0.25, -0.2) is 0 Å². The molecular formula is C24H31NO. The number of aromatic hydroxyl groups is 1. The average Bonchev–Trinajstić information content (AvgIpc) is 2.69. The van der Waals surface area contributed by atoms with Gasteiger partial charge >= 0.3 is 0 Å². The molecule has 26 heavy (non-hydrogen) atoms. The fourth-order valence-corrected chi connectivity index (χ4v) is 4.97. The SMILES string of the molecule is Oc1ccc2c(c1)CCC(NCC1CCCCC1)C2Cc1ccccc1. The van der Waals surface area contributed by atoms with Crippen LogP contribution in [0.2, 0.25) is 0 Å². The van der Waals surface area contributed by atoms with Crippen LogP contribution in [-0.2, 0) is 12.8 Å². The molecule has 0 bridgehead atoms. The van der Waals surface area contributed by atoms with Gasteiger partial charge in [0.05, 0.1) is 0 Å². The third kappa shape index (κ3) is 4.12. The van der Waals surface area contributed by atoms with E-state index in [1.54, 1.807) is 0 Å². The van der Waals surface area contributed by atoms with Crippen molar-refractivity contribution >= 4 is 0 Å². The maximum absolute atomic E-state index is 9.89. The maximum Gasteiger partial charge on any atom is 0.115 e. The molecule has 0 aromatic heterocycles. The van der Waals surface area contributed by atoms with Crippen LogP contribution in [-0.4, -0.2) is 17.7 Å². The molecule has 2 aliphatic carbocycles. The Bertz CT molecular complexity index is 705. The summed E-state index contributed by atoms with van der Waals surface area (Å²) in [5.74, 6) is 1.75. The Morgan fingerprint density at radius 2 is 1.73 bits per heavy atom. The molecule has 0 saturated heterocycles. The van der Waals surface area contributed by atoms with Crippen LogP contribution in [0.1, 0.15) is 61.1 Å². The molecule has 2 nitrogen and oxygen atoms in total. The van der Waals surface area contributed by atoms with Crippen molar-refractivity contribution in [2.45, 2.75) is 63.3 Å². The molecule has 2 aromatic rings. The first kappa shape index (κ1) is 17.6. The summed E-state index contributed by atoms with van der Waals surface area (Å²) >= 11 is 0. The van der Waals surface area contributed by atoms with Gasteiger partial charge in [0.15, 0.2) is 0 Å². The van der Waals surface area contributed by atoms with Gasteiger partial charge in [-0.05, 0) is 73.4 Å². The quantitative estimate of drug-likeness (QED) is 0.777. The molecule has 2 aliphatic rings. The van der Waals surface area contributed by atoms with Crippen molar-refractivity contribution in [3.05, 3.63) is 65.2 Å². The molecule has 2 heteroatoms. The molecule has 0 radical (unpaired) electrons. The molecule has 1 fully saturated rings. The van der Waals surface area contributed by atoms with E-state index >= 15 is 0 Å². The van der Waals surface area contributed by atoms with Gasteiger partial charge in [-0.1, -0.05) is 55.7 Å². The Hall–Kier alpha value is -1.80. The highest BCUT2D eigenvalue weighted by Gasteiger charge is 2.30. The van der Waals surface area contributed by atoms with Crippen molar-refractivity contribution in [2.24, 2.45) is 5.92 Å². The topological polar surface area (TPSA) is 32.3 Å². The monoisotopic (exact) mass is 349 g/mol. The Kier molecular flexibility index (Phi) is 5.59. The summed E-state index contributed by atoms with van der Waals surface area (Å²) in [6.07, 6.45) is 10.3. The second-order valence-corrected chi connectivity index (χ2v) is 8.24. The number of phenols is 1. The van der Waals surface area contributed by atoms with Crippen LogP contribution >= 0.6 is 0 Å². The first-order valence-corrected chi connectivity index (χ1v) is 10.4. The lowest BCUT2D eigenvalue weighted by Crippen LogP contribution is -2.41. The molecular weight excluding hydrogens is 318 g/mol. The fraction of sp³-hybridized carbons (Fsp3) is 0.500. The normalized spacial score (nSPS) is 23.5. The number of nitrogens with one attached hydrogen (secondary N) is 1. The van der Waals surface area contributed by atoms with E-state index < -0.39 is 0 Å². The van der Waals surface area contributed by atoms with Crippen molar-refractivity contribution in [1.29, 1.82) is 0 Å². The molecule has 0 spiro atoms. The highest BCUT2D eigenvalue weighted by atomic mass is 16.3. The van der Waals surface area contributed by atoms with E-state index in [0.29, 0.717) is 17.7 Å². The van der Waals surface area contributed by atoms with Crippen LogP contribution in [0.4, 0.5) is 0 Å². The summed E-state index contributed by atoms with van der Waals surface area (Å²) in [6.45, 7) is 1.17. The Labute approximate surface area is 157 Å². The summed E-state index contributed by atoms with van der Waals surface area (Å²) < 4.78 is 0. The van der Waals surface area contributed by atoms with E-state index in [0.717, 1.165) is 18.8 Å². The van der Waals surface area contributed by atoms with Gasteiger partial charge in [-0.2, -0.15) is 0 Å². The molecule has 0 amide bonds. The number of phenolic OH excluding ortho intramolecular Hbond substituents is 1. The van der Waals surface area contributed by atoms with Crippen LogP contribution in [0.15, 0.2) is 48.5 Å². The van der Waals surface area contributed by atoms with Crippen molar-refractivity contribution in [3.63, 3.8) is 0 Å². The van der Waals surface area contributed by atoms with E-state index in [4.69, 9.17) is 0 Å². The minimum absolute atomic E-state index is 0.399. The van der Waals surface area contributed by atoms with Crippen LogP contribution < -0.4 is 5.32 Å². The third-order valence-electron chi connectivity index (χ3n) is 6.43. The number of hydrogen-bond acceptors (Lipinski definition) is 2. The minimum atomic E-state index is 0.399. The maximum atomic E-state index is 9.89. The number of benzene rings is 2. The zero-order valence-corrected chi connectivity index (χ0v) is 15.7. The van der Waals surface area contributed by atoms with E-state index in [1.807, 2.05) is 12.1 Å². The van der Waals surface area contributed by atoms with Crippen LogP contribution in [0.5, 0.6) is 5.75 Å². The minimum Gasteiger partial charge on any atom is -0.508 e. The van der Waals surface area contributed by atoms with Crippen molar-refractivity contribution in [3.8, 4) is 5.75 Å². The van der Waals surface area contributed by atoms with Crippen LogP contribution in [0.25, 0.3) is 0 Å². The van der Waals surface area contributed by atoms with E-state index in [2.05, 4.69) is 41.7 Å². The molecule has 0 aliphatic heterocycles. The summed E-state index contributed by atoms with van der Waals surface area (Å²) in [4.78, 5) is 0. The first-order valence-electron chi connectivity index (χ1n) is 10.4. The van der Waals surface area contributed by atoms with E-state index in [-0.39, 0.29) is 0 Å². The molecule has 2 unspecified atom stereocenters. The smallest absolute Gasteiger partial charge is 0.115 e. The summed E-state index contributed by atoms with van der Waals surface area (Å²) in [5, 5.41) is 13.8. The second kappa shape index (κ2) is 8.26. The zero-order chi connectivity index (χ0) is 17.8. The van der Waals surface area contributed by atoms with Gasteiger partial charge in [0.1, 0.15) is 5.75 Å². The molecule has 2 aromatic carbocycles. The average molecular weight is 350 g/mol. The predicted octanol–water partition coefficient (Wildman–Crippen LogP) is 5.20. The molecule has 0 heterocycles. The number of hydrogen-bond donors (Lipinski definition) is 2. The highest BCUT2D eigenvalue weighted by Crippen LogP contribution is 2.36. The predicted molar refractivity (Wildman–Crippen MR) is 108 cm³/mol. The van der Waals surface area contributed by atoms with Gasteiger partial charge in [0.25, 0.3) is 0 Å². The Morgan fingerprint density at radius 3 is 2.54 bits per heavy atom. The lowest BCUT2D eigenvalue weighted by Gasteiger charge is -2.36. The highest BCUT2D eigenvalue weighted by molar-refractivity contribution is 5.41. The van der Waals surface area contributed by atoms with Crippen molar-refractivity contribution < 1.29 is 5.11 Å². The lowest BCUT2D eigenvalue weighted by molar-refractivity contribution is 0.301. The third-order valence-corrected chi connectivity index (χ3v) is 6.43. The standard InChI is InChI=1S/C24H31NO/c26-21-12-13-22-20(16-21)11-14-24(25-17-19-9-5-2-6-10-19)23(22)15-18-7-3-1-4-8-18/h1,3-4,7-8,12-13,16,19,23-26H,2,5-6,9-11,14-15,17H2. The van der Waals surface area contributed by atoms with Gasteiger partial charge < -0.3 is 10.4 Å². The van der Waals surface area contributed by atoms with E-state index in [9.17, 15) is 5.11 Å². The summed E-state index contributed by atoms with van der Waals surface area (Å²) in [7, 11) is 0. The molecule has 1 saturated carbocycles. The molecule has 138 valence electrons. The first-order chi connectivity index (χ1) is 12.8. The van der Waals surface area contributed by atoms with Gasteiger partial charge in [0.2, 0.25) is 0 Å². The van der Waals surface area contributed by atoms with Crippen LogP contribution in [0, 0.1) is 5.92 Å².